The van der Waals surface area contributed by atoms with Crippen molar-refractivity contribution in [3.05, 3.63) is 51.8 Å². The van der Waals surface area contributed by atoms with Crippen LogP contribution in [-0.2, 0) is 10.0 Å². The summed E-state index contributed by atoms with van der Waals surface area (Å²) in [6.07, 6.45) is -3.60. The van der Waals surface area contributed by atoms with Crippen LogP contribution in [0.25, 0.3) is 0 Å². The van der Waals surface area contributed by atoms with Gasteiger partial charge >= 0.3 is 6.18 Å². The Bertz CT molecular complexity index is 1290. The number of alkyl halides is 3. The number of anilines is 1. The summed E-state index contributed by atoms with van der Waals surface area (Å²) in [6.45, 7) is 1.06. The highest BCUT2D eigenvalue weighted by Gasteiger charge is 2.44. The van der Waals surface area contributed by atoms with Crippen molar-refractivity contribution in [1.29, 1.82) is 0 Å². The van der Waals surface area contributed by atoms with E-state index in [1.807, 2.05) is 0 Å². The van der Waals surface area contributed by atoms with Gasteiger partial charge in [-0.1, -0.05) is 23.2 Å². The molecule has 1 amide bonds. The number of hydrogen-bond acceptors (Lipinski definition) is 5. The highest BCUT2D eigenvalue weighted by Crippen LogP contribution is 2.44. The van der Waals surface area contributed by atoms with Gasteiger partial charge in [0.05, 0.1) is 26.2 Å². The molecule has 2 aliphatic rings. The van der Waals surface area contributed by atoms with Crippen LogP contribution in [0.3, 0.4) is 0 Å². The molecule has 4 rings (SSSR count). The van der Waals surface area contributed by atoms with E-state index in [0.29, 0.717) is 19.8 Å². The average molecular weight is 570 g/mol. The van der Waals surface area contributed by atoms with Crippen molar-refractivity contribution in [2.45, 2.75) is 49.0 Å². The first kappa shape index (κ1) is 26.8. The molecular formula is C22H21Cl2F4N3O4S. The maximum atomic E-state index is 13.4. The van der Waals surface area contributed by atoms with Gasteiger partial charge in [-0.3, -0.25) is 4.79 Å². The highest BCUT2D eigenvalue weighted by atomic mass is 35.5. The SMILES string of the molecule is C[C@H](NS(=O)(=O)c1cc(Cl)c(O)c(N2[C@@H]3CC[C@H]2CN(C(=O)c2ccc(F)cc2Cl)C3)c1)C(F)(F)F. The molecule has 0 aromatic heterocycles. The molecule has 2 bridgehead atoms. The van der Waals surface area contributed by atoms with Crippen molar-refractivity contribution in [2.24, 2.45) is 0 Å². The van der Waals surface area contributed by atoms with Gasteiger partial charge in [0, 0.05) is 25.2 Å². The van der Waals surface area contributed by atoms with Gasteiger partial charge in [0.15, 0.2) is 5.75 Å². The molecule has 2 aromatic rings. The molecule has 196 valence electrons. The smallest absolute Gasteiger partial charge is 0.404 e. The average Bonchev–Trinajstić information content (AvgIpc) is 3.02. The summed E-state index contributed by atoms with van der Waals surface area (Å²) >= 11 is 12.1. The van der Waals surface area contributed by atoms with E-state index in [1.165, 1.54) is 6.07 Å². The number of benzene rings is 2. The van der Waals surface area contributed by atoms with Crippen LogP contribution in [0.1, 0.15) is 30.1 Å². The van der Waals surface area contributed by atoms with Crippen molar-refractivity contribution in [2.75, 3.05) is 18.0 Å². The molecule has 2 aromatic carbocycles. The number of likely N-dealkylation sites (tertiary alicyclic amines) is 1. The Labute approximate surface area is 214 Å². The maximum Gasteiger partial charge on any atom is 0.404 e. The Balaban J connectivity index is 1.62. The second kappa shape index (κ2) is 9.55. The minimum atomic E-state index is -4.80. The molecule has 14 heteroatoms. The summed E-state index contributed by atoms with van der Waals surface area (Å²) < 4.78 is 79.1. The number of piperazine rings is 1. The van der Waals surface area contributed by atoms with Crippen LogP contribution in [-0.4, -0.2) is 61.7 Å². The quantitative estimate of drug-likeness (QED) is 0.515. The number of fused-ring (bicyclic) bond motifs is 2. The minimum absolute atomic E-state index is 0.0299. The monoisotopic (exact) mass is 569 g/mol. The van der Waals surface area contributed by atoms with Gasteiger partial charge in [-0.15, -0.1) is 0 Å². The van der Waals surface area contributed by atoms with Crippen LogP contribution in [0.4, 0.5) is 23.2 Å². The van der Waals surface area contributed by atoms with E-state index in [0.717, 1.165) is 24.3 Å². The predicted octanol–water partition coefficient (Wildman–Crippen LogP) is 4.56. The Hall–Kier alpha value is -2.28. The zero-order valence-corrected chi connectivity index (χ0v) is 21.0. The summed E-state index contributed by atoms with van der Waals surface area (Å²) in [5.74, 6) is -1.40. The van der Waals surface area contributed by atoms with E-state index in [9.17, 15) is 35.9 Å². The number of halogens is 6. The Morgan fingerprint density at radius 3 is 2.28 bits per heavy atom. The first-order valence-corrected chi connectivity index (χ1v) is 13.1. The van der Waals surface area contributed by atoms with E-state index in [2.05, 4.69) is 0 Å². The number of aromatic hydroxyl groups is 1. The molecule has 0 aliphatic carbocycles. The molecule has 3 atom stereocenters. The zero-order chi connectivity index (χ0) is 26.6. The third kappa shape index (κ3) is 5.09. The molecule has 2 heterocycles. The van der Waals surface area contributed by atoms with E-state index >= 15 is 0 Å². The van der Waals surface area contributed by atoms with Crippen molar-refractivity contribution < 1.29 is 35.9 Å². The number of sulfonamides is 1. The van der Waals surface area contributed by atoms with Crippen LogP contribution in [0.15, 0.2) is 35.2 Å². The molecule has 7 nitrogen and oxygen atoms in total. The first-order chi connectivity index (χ1) is 16.7. The van der Waals surface area contributed by atoms with E-state index in [1.54, 1.807) is 14.5 Å². The van der Waals surface area contributed by atoms with Crippen LogP contribution >= 0.6 is 23.2 Å². The van der Waals surface area contributed by atoms with Crippen molar-refractivity contribution in [3.8, 4) is 5.75 Å². The van der Waals surface area contributed by atoms with Crippen LogP contribution in [0, 0.1) is 5.82 Å². The second-order valence-electron chi connectivity index (χ2n) is 8.78. The number of nitrogens with zero attached hydrogens (tertiary/aromatic N) is 2. The van der Waals surface area contributed by atoms with Gasteiger partial charge in [-0.2, -0.15) is 17.9 Å². The van der Waals surface area contributed by atoms with Crippen molar-refractivity contribution >= 4 is 44.8 Å². The largest absolute Gasteiger partial charge is 0.504 e. The molecule has 36 heavy (non-hydrogen) atoms. The normalized spacial score (nSPS) is 21.1. The molecule has 0 spiro atoms. The standard InChI is InChI=1S/C22H21Cl2F4N3O4S/c1-11(22(26,27)28)29-36(34,35)15-7-18(24)20(32)19(8-15)31-13-3-4-14(31)10-30(9-13)21(33)16-5-2-12(25)6-17(16)23/h2,5-8,11,13-14,29,32H,3-4,9-10H2,1H3/t11-,13-,14+/m0/s1. The summed E-state index contributed by atoms with van der Waals surface area (Å²) in [7, 11) is -4.63. The Morgan fingerprint density at radius 1 is 1.11 bits per heavy atom. The lowest BCUT2D eigenvalue weighted by Crippen LogP contribution is -2.55. The van der Waals surface area contributed by atoms with Gasteiger partial charge in [0.2, 0.25) is 10.0 Å². The fourth-order valence-corrected chi connectivity index (χ4v) is 6.38. The van der Waals surface area contributed by atoms with Crippen molar-refractivity contribution in [1.82, 2.24) is 9.62 Å². The number of carbonyl (C=O) groups excluding carboxylic acids is 1. The second-order valence-corrected chi connectivity index (χ2v) is 11.3. The lowest BCUT2D eigenvalue weighted by atomic mass is 10.1. The third-order valence-corrected chi connectivity index (χ3v) is 8.48. The van der Waals surface area contributed by atoms with Gasteiger partial charge in [-0.25, -0.2) is 12.8 Å². The summed E-state index contributed by atoms with van der Waals surface area (Å²) in [5.41, 5.74) is 0.178. The minimum Gasteiger partial charge on any atom is -0.504 e. The van der Waals surface area contributed by atoms with Crippen molar-refractivity contribution in [3.63, 3.8) is 0 Å². The van der Waals surface area contributed by atoms with Gasteiger partial charge in [0.25, 0.3) is 5.91 Å². The Kier molecular flexibility index (Phi) is 7.10. The molecular weight excluding hydrogens is 549 g/mol. The lowest BCUT2D eigenvalue weighted by molar-refractivity contribution is -0.147. The number of phenolic OH excluding ortho intramolecular Hbond substituents is 1. The molecule has 0 saturated carbocycles. The molecule has 2 saturated heterocycles. The zero-order valence-electron chi connectivity index (χ0n) is 18.7. The Morgan fingerprint density at radius 2 is 1.72 bits per heavy atom. The predicted molar refractivity (Wildman–Crippen MR) is 126 cm³/mol. The fraction of sp³-hybridized carbons (Fsp3) is 0.409. The lowest BCUT2D eigenvalue weighted by Gasteiger charge is -2.43. The van der Waals surface area contributed by atoms with E-state index in [4.69, 9.17) is 23.2 Å². The number of carbonyl (C=O) groups is 1. The number of rotatable bonds is 5. The molecule has 0 radical (unpaired) electrons. The topological polar surface area (TPSA) is 89.9 Å². The van der Waals surface area contributed by atoms with Crippen LogP contribution in [0.2, 0.25) is 10.0 Å². The van der Waals surface area contributed by atoms with Gasteiger partial charge < -0.3 is 14.9 Å². The van der Waals surface area contributed by atoms with Crippen LogP contribution < -0.4 is 9.62 Å². The van der Waals surface area contributed by atoms with E-state index in [-0.39, 0.29) is 46.5 Å². The first-order valence-electron chi connectivity index (χ1n) is 10.8. The molecule has 2 N–H and O–H groups in total. The number of hydrogen-bond donors (Lipinski definition) is 2. The molecule has 2 fully saturated rings. The number of phenols is 1. The summed E-state index contributed by atoms with van der Waals surface area (Å²) in [5, 5.41) is 10.3. The molecule has 2 aliphatic heterocycles. The maximum absolute atomic E-state index is 13.4. The number of amides is 1. The van der Waals surface area contributed by atoms with Gasteiger partial charge in [0.1, 0.15) is 11.9 Å². The summed E-state index contributed by atoms with van der Waals surface area (Å²) in [6, 6.07) is 2.40. The third-order valence-electron chi connectivity index (χ3n) is 6.36. The van der Waals surface area contributed by atoms with E-state index < -0.39 is 44.6 Å². The highest BCUT2D eigenvalue weighted by molar-refractivity contribution is 7.89. The number of nitrogens with one attached hydrogen (secondary N) is 1. The fourth-order valence-electron chi connectivity index (χ4n) is 4.58. The summed E-state index contributed by atoms with van der Waals surface area (Å²) in [4.78, 5) is 15.8. The molecule has 0 unspecified atom stereocenters. The van der Waals surface area contributed by atoms with Gasteiger partial charge in [-0.05, 0) is 50.1 Å². The van der Waals surface area contributed by atoms with Crippen LogP contribution in [0.5, 0.6) is 5.75 Å².